The molecule has 140 valence electrons. The number of piperazine rings is 1. The highest BCUT2D eigenvalue weighted by atomic mass is 16.2. The number of hydrogen-bond donors (Lipinski definition) is 0. The topological polar surface area (TPSA) is 60.9 Å². The van der Waals surface area contributed by atoms with Crippen molar-refractivity contribution in [1.29, 1.82) is 0 Å². The summed E-state index contributed by atoms with van der Waals surface area (Å²) >= 11 is 0. The zero-order valence-corrected chi connectivity index (χ0v) is 15.9. The maximum Gasteiger partial charge on any atom is 0.328 e. The Morgan fingerprint density at radius 1 is 1.15 bits per heavy atom. The Morgan fingerprint density at radius 2 is 1.81 bits per heavy atom. The van der Waals surface area contributed by atoms with E-state index < -0.39 is 6.04 Å². The summed E-state index contributed by atoms with van der Waals surface area (Å²) in [5.74, 6) is -0.161. The summed E-state index contributed by atoms with van der Waals surface area (Å²) in [4.78, 5) is 43.0. The molecule has 6 nitrogen and oxygen atoms in total. The molecule has 1 aromatic rings. The summed E-state index contributed by atoms with van der Waals surface area (Å²) in [5.41, 5.74) is 0.826. The predicted octanol–water partition coefficient (Wildman–Crippen LogP) is 2.66. The molecular formula is C20H27N3O3. The largest absolute Gasteiger partial charge is 0.338 e. The van der Waals surface area contributed by atoms with Gasteiger partial charge >= 0.3 is 6.03 Å². The van der Waals surface area contributed by atoms with Gasteiger partial charge in [0.15, 0.2) is 0 Å². The lowest BCUT2D eigenvalue weighted by Gasteiger charge is -2.36. The van der Waals surface area contributed by atoms with Crippen molar-refractivity contribution in [2.45, 2.75) is 46.2 Å². The highest BCUT2D eigenvalue weighted by molar-refractivity contribution is 6.05. The number of rotatable bonds is 3. The molecule has 4 amide bonds. The van der Waals surface area contributed by atoms with Crippen LogP contribution in [0.4, 0.5) is 4.79 Å². The zero-order chi connectivity index (χ0) is 19.1. The van der Waals surface area contributed by atoms with Gasteiger partial charge in [-0.2, -0.15) is 0 Å². The van der Waals surface area contributed by atoms with E-state index in [-0.39, 0.29) is 35.8 Å². The number of amides is 4. The van der Waals surface area contributed by atoms with E-state index in [1.54, 1.807) is 9.80 Å². The van der Waals surface area contributed by atoms with Gasteiger partial charge in [-0.15, -0.1) is 0 Å². The first-order valence-electron chi connectivity index (χ1n) is 9.15. The van der Waals surface area contributed by atoms with Crippen molar-refractivity contribution < 1.29 is 14.4 Å². The molecule has 0 aliphatic carbocycles. The monoisotopic (exact) mass is 357 g/mol. The third-order valence-electron chi connectivity index (χ3n) is 5.06. The molecule has 6 heteroatoms. The minimum absolute atomic E-state index is 0.0481. The molecule has 0 bridgehead atoms. The van der Waals surface area contributed by atoms with Crippen LogP contribution in [-0.4, -0.2) is 58.2 Å². The van der Waals surface area contributed by atoms with Gasteiger partial charge in [0, 0.05) is 19.5 Å². The average molecular weight is 357 g/mol. The van der Waals surface area contributed by atoms with Gasteiger partial charge in [-0.3, -0.25) is 14.5 Å². The Morgan fingerprint density at radius 3 is 2.42 bits per heavy atom. The van der Waals surface area contributed by atoms with E-state index in [1.165, 1.54) is 4.90 Å². The number of carbonyl (C=O) groups is 3. The Hall–Kier alpha value is -2.37. The molecular weight excluding hydrogens is 330 g/mol. The van der Waals surface area contributed by atoms with Gasteiger partial charge in [0.25, 0.3) is 5.91 Å². The molecule has 2 saturated heterocycles. The molecule has 2 fully saturated rings. The molecule has 0 N–H and O–H groups in total. The van der Waals surface area contributed by atoms with Crippen LogP contribution < -0.4 is 0 Å². The van der Waals surface area contributed by atoms with Crippen molar-refractivity contribution in [1.82, 2.24) is 14.7 Å². The Balaban J connectivity index is 1.75. The number of carbonyl (C=O) groups excluding carboxylic acids is 3. The molecule has 3 rings (SSSR count). The van der Waals surface area contributed by atoms with Gasteiger partial charge in [-0.05, 0) is 17.9 Å². The maximum atomic E-state index is 12.9. The lowest BCUT2D eigenvalue weighted by molar-refractivity contribution is -0.137. The van der Waals surface area contributed by atoms with E-state index in [0.29, 0.717) is 19.5 Å². The number of benzene rings is 1. The molecule has 2 aliphatic rings. The third-order valence-corrected chi connectivity index (χ3v) is 5.06. The molecule has 2 atom stereocenters. The lowest BCUT2D eigenvalue weighted by Crippen LogP contribution is -2.55. The minimum atomic E-state index is -0.564. The first-order chi connectivity index (χ1) is 12.2. The number of nitrogens with zero attached hydrogens (tertiary/aromatic N) is 3. The fourth-order valence-electron chi connectivity index (χ4n) is 3.65. The van der Waals surface area contributed by atoms with E-state index >= 15 is 0 Å². The molecule has 2 aliphatic heterocycles. The fourth-order valence-corrected chi connectivity index (χ4v) is 3.65. The van der Waals surface area contributed by atoms with Gasteiger partial charge in [-0.1, -0.05) is 51.1 Å². The van der Waals surface area contributed by atoms with Crippen molar-refractivity contribution >= 4 is 17.8 Å². The summed E-state index contributed by atoms with van der Waals surface area (Å²) in [6, 6.07) is 8.41. The smallest absolute Gasteiger partial charge is 0.328 e. The molecule has 0 saturated carbocycles. The summed E-state index contributed by atoms with van der Waals surface area (Å²) in [6.45, 7) is 9.11. The van der Waals surface area contributed by atoms with E-state index in [4.69, 9.17) is 0 Å². The van der Waals surface area contributed by atoms with Crippen LogP contribution in [0, 0.1) is 5.41 Å². The molecule has 1 aromatic carbocycles. The highest BCUT2D eigenvalue weighted by Gasteiger charge is 2.50. The zero-order valence-electron chi connectivity index (χ0n) is 15.9. The second-order valence-corrected chi connectivity index (χ2v) is 8.36. The van der Waals surface area contributed by atoms with Crippen LogP contribution in [-0.2, 0) is 9.59 Å². The van der Waals surface area contributed by atoms with Crippen LogP contribution in [0.25, 0.3) is 0 Å². The van der Waals surface area contributed by atoms with Gasteiger partial charge < -0.3 is 9.80 Å². The molecule has 2 unspecified atom stereocenters. The van der Waals surface area contributed by atoms with E-state index in [9.17, 15) is 14.4 Å². The third kappa shape index (κ3) is 3.45. The number of hydrogen-bond acceptors (Lipinski definition) is 3. The first kappa shape index (κ1) is 18.4. The SMILES string of the molecule is CC(c1ccccc1)N1C(=O)C2CN(C(=O)CC(C)(C)C)CCN2C1=O. The Bertz CT molecular complexity index is 711. The standard InChI is InChI=1S/C20H27N3O3/c1-14(15-8-6-5-7-9-15)23-18(25)16-13-21(10-11-22(16)19(23)26)17(24)12-20(2,3)4/h5-9,14,16H,10-13H2,1-4H3. The van der Waals surface area contributed by atoms with E-state index in [0.717, 1.165) is 5.56 Å². The molecule has 0 spiro atoms. The molecule has 0 aromatic heterocycles. The predicted molar refractivity (Wildman–Crippen MR) is 98.2 cm³/mol. The Labute approximate surface area is 154 Å². The van der Waals surface area contributed by atoms with Crippen LogP contribution in [0.3, 0.4) is 0 Å². The van der Waals surface area contributed by atoms with Crippen LogP contribution in [0.1, 0.15) is 45.7 Å². The fraction of sp³-hybridized carbons (Fsp3) is 0.550. The van der Waals surface area contributed by atoms with Gasteiger partial charge in [-0.25, -0.2) is 4.79 Å². The van der Waals surface area contributed by atoms with Gasteiger partial charge in [0.1, 0.15) is 6.04 Å². The lowest BCUT2D eigenvalue weighted by atomic mass is 9.91. The summed E-state index contributed by atoms with van der Waals surface area (Å²) in [6.07, 6.45) is 0.436. The quantitative estimate of drug-likeness (QED) is 0.782. The minimum Gasteiger partial charge on any atom is -0.338 e. The van der Waals surface area contributed by atoms with Crippen LogP contribution in [0.15, 0.2) is 30.3 Å². The molecule has 26 heavy (non-hydrogen) atoms. The number of fused-ring (bicyclic) bond motifs is 1. The number of imide groups is 1. The second-order valence-electron chi connectivity index (χ2n) is 8.36. The molecule has 2 heterocycles. The van der Waals surface area contributed by atoms with Crippen LogP contribution in [0.2, 0.25) is 0 Å². The second kappa shape index (κ2) is 6.74. The van der Waals surface area contributed by atoms with Gasteiger partial charge in [0.05, 0.1) is 12.6 Å². The number of urea groups is 1. The van der Waals surface area contributed by atoms with Gasteiger partial charge in [0.2, 0.25) is 5.91 Å². The summed E-state index contributed by atoms with van der Waals surface area (Å²) in [5, 5.41) is 0. The van der Waals surface area contributed by atoms with Crippen LogP contribution in [0.5, 0.6) is 0 Å². The van der Waals surface area contributed by atoms with Crippen molar-refractivity contribution in [2.24, 2.45) is 5.41 Å². The summed E-state index contributed by atoms with van der Waals surface area (Å²) < 4.78 is 0. The van der Waals surface area contributed by atoms with E-state index in [1.807, 2.05) is 58.0 Å². The van der Waals surface area contributed by atoms with Crippen molar-refractivity contribution in [3.05, 3.63) is 35.9 Å². The summed E-state index contributed by atoms with van der Waals surface area (Å²) in [7, 11) is 0. The highest BCUT2D eigenvalue weighted by Crippen LogP contribution is 2.31. The van der Waals surface area contributed by atoms with Crippen molar-refractivity contribution in [3.8, 4) is 0 Å². The van der Waals surface area contributed by atoms with E-state index in [2.05, 4.69) is 0 Å². The van der Waals surface area contributed by atoms with Crippen molar-refractivity contribution in [3.63, 3.8) is 0 Å². The molecule has 0 radical (unpaired) electrons. The van der Waals surface area contributed by atoms with Crippen LogP contribution >= 0.6 is 0 Å². The van der Waals surface area contributed by atoms with Crippen molar-refractivity contribution in [2.75, 3.05) is 19.6 Å². The first-order valence-corrected chi connectivity index (χ1v) is 9.15. The maximum absolute atomic E-state index is 12.9. The normalized spacial score (nSPS) is 21.8. The average Bonchev–Trinajstić information content (AvgIpc) is 2.84. The Kier molecular flexibility index (Phi) is 4.78.